The van der Waals surface area contributed by atoms with Crippen molar-refractivity contribution in [3.63, 3.8) is 0 Å². The molecule has 0 aromatic heterocycles. The normalized spacial score (nSPS) is 12.3. The Labute approximate surface area is 278 Å². The highest BCUT2D eigenvalue weighted by molar-refractivity contribution is 14.1. The second kappa shape index (κ2) is 13.9. The molecule has 1 amide bonds. The lowest BCUT2D eigenvalue weighted by molar-refractivity contribution is -0.275. The number of benzene rings is 4. The SMILES string of the molecule is O=C(NC(Cc1cccc(C(=O)OI)c1)(c1cccc(OC(F)(F)F)c1)c1cccc(OC(F)(F)F)c1)c1ccc(F)c(C(F)(F)F)c1. The molecule has 4 aromatic carbocycles. The molecule has 0 atom stereocenters. The molecule has 4 aromatic rings. The maximum atomic E-state index is 14.1. The van der Waals surface area contributed by atoms with Crippen molar-refractivity contribution in [1.29, 1.82) is 0 Å². The second-order valence-corrected chi connectivity index (χ2v) is 10.4. The number of halogens is 11. The molecule has 0 aliphatic heterocycles. The summed E-state index contributed by atoms with van der Waals surface area (Å²) < 4.78 is 147. The van der Waals surface area contributed by atoms with Crippen LogP contribution in [0.1, 0.15) is 43.0 Å². The van der Waals surface area contributed by atoms with Gasteiger partial charge in [-0.05, 0) is 71.3 Å². The van der Waals surface area contributed by atoms with Gasteiger partial charge < -0.3 is 17.9 Å². The van der Waals surface area contributed by atoms with Crippen LogP contribution in [0.3, 0.4) is 0 Å². The van der Waals surface area contributed by atoms with Crippen LogP contribution in [0.15, 0.2) is 91.0 Å². The van der Waals surface area contributed by atoms with E-state index in [-0.39, 0.29) is 28.3 Å². The summed E-state index contributed by atoms with van der Waals surface area (Å²) in [5.74, 6) is -5.54. The Morgan fingerprint density at radius 1 is 0.667 bits per heavy atom. The molecule has 0 unspecified atom stereocenters. The molecule has 0 heterocycles. The van der Waals surface area contributed by atoms with E-state index in [0.717, 1.165) is 36.4 Å². The number of amides is 1. The van der Waals surface area contributed by atoms with Crippen molar-refractivity contribution < 1.29 is 66.0 Å². The van der Waals surface area contributed by atoms with Crippen LogP contribution in [0.25, 0.3) is 0 Å². The summed E-state index contributed by atoms with van der Waals surface area (Å²) in [6.07, 6.45) is -16.2. The van der Waals surface area contributed by atoms with E-state index < -0.39 is 71.2 Å². The molecule has 1 N–H and O–H groups in total. The Morgan fingerprint density at radius 2 is 1.21 bits per heavy atom. The molecule has 0 fully saturated rings. The fourth-order valence-electron chi connectivity index (χ4n) is 4.79. The van der Waals surface area contributed by atoms with Crippen LogP contribution in [-0.4, -0.2) is 24.6 Å². The van der Waals surface area contributed by atoms with Crippen LogP contribution >= 0.6 is 23.0 Å². The van der Waals surface area contributed by atoms with Gasteiger partial charge in [0, 0.05) is 12.0 Å². The van der Waals surface area contributed by atoms with Crippen molar-refractivity contribution in [2.75, 3.05) is 0 Å². The van der Waals surface area contributed by atoms with E-state index in [1.165, 1.54) is 59.4 Å². The average molecular weight is 801 g/mol. The van der Waals surface area contributed by atoms with E-state index >= 15 is 0 Å². The maximum Gasteiger partial charge on any atom is 0.573 e. The molecule has 0 radical (unpaired) electrons. The first kappa shape index (κ1) is 36.3. The van der Waals surface area contributed by atoms with Crippen molar-refractivity contribution >= 4 is 34.9 Å². The van der Waals surface area contributed by atoms with Gasteiger partial charge in [0.2, 0.25) is 0 Å². The summed E-state index contributed by atoms with van der Waals surface area (Å²) in [6.45, 7) is 0. The number of carbonyl (C=O) groups excluding carboxylic acids is 2. The molecule has 4 rings (SSSR count). The summed E-state index contributed by atoms with van der Waals surface area (Å²) in [4.78, 5) is 26.0. The highest BCUT2D eigenvalue weighted by Crippen LogP contribution is 2.39. The van der Waals surface area contributed by atoms with Crippen LogP contribution in [0.2, 0.25) is 0 Å². The van der Waals surface area contributed by atoms with Crippen LogP contribution in [0.5, 0.6) is 11.5 Å². The van der Waals surface area contributed by atoms with Gasteiger partial charge in [0.25, 0.3) is 5.91 Å². The third-order valence-electron chi connectivity index (χ3n) is 6.68. The van der Waals surface area contributed by atoms with Crippen LogP contribution < -0.4 is 14.8 Å². The third kappa shape index (κ3) is 9.07. The van der Waals surface area contributed by atoms with Gasteiger partial charge in [0.1, 0.15) is 17.3 Å². The van der Waals surface area contributed by atoms with Crippen molar-refractivity contribution in [2.45, 2.75) is 30.9 Å². The molecule has 254 valence electrons. The molecule has 6 nitrogen and oxygen atoms in total. The number of hydrogen-bond acceptors (Lipinski definition) is 5. The monoisotopic (exact) mass is 801 g/mol. The molecule has 0 saturated carbocycles. The van der Waals surface area contributed by atoms with Crippen molar-refractivity contribution in [2.24, 2.45) is 0 Å². The quantitative estimate of drug-likeness (QED) is 0.135. The number of carbonyl (C=O) groups is 2. The zero-order valence-corrected chi connectivity index (χ0v) is 25.7. The summed E-state index contributed by atoms with van der Waals surface area (Å²) in [5, 5.41) is 2.45. The number of rotatable bonds is 9. The molecule has 48 heavy (non-hydrogen) atoms. The Hall–Kier alpha value is -4.55. The maximum absolute atomic E-state index is 14.1. The topological polar surface area (TPSA) is 73.9 Å². The average Bonchev–Trinajstić information content (AvgIpc) is 2.98. The minimum atomic E-state index is -5.24. The highest BCUT2D eigenvalue weighted by Gasteiger charge is 2.41. The summed E-state index contributed by atoms with van der Waals surface area (Å²) in [7, 11) is 0. The Balaban J connectivity index is 2.01. The lowest BCUT2D eigenvalue weighted by Crippen LogP contribution is -2.48. The fraction of sp³-hybridized carbons (Fsp3) is 0.161. The molecular weight excluding hydrogens is 783 g/mol. The van der Waals surface area contributed by atoms with E-state index in [2.05, 4.69) is 17.9 Å². The first-order valence-corrected chi connectivity index (χ1v) is 14.0. The Bertz CT molecular complexity index is 1750. The predicted octanol–water partition coefficient (Wildman–Crippen LogP) is 9.06. The van der Waals surface area contributed by atoms with Gasteiger partial charge in [0.05, 0.1) is 16.7 Å². The van der Waals surface area contributed by atoms with Gasteiger partial charge >= 0.3 is 24.9 Å². The van der Waals surface area contributed by atoms with Crippen molar-refractivity contribution in [1.82, 2.24) is 5.32 Å². The first-order chi connectivity index (χ1) is 22.3. The van der Waals surface area contributed by atoms with Gasteiger partial charge in [-0.2, -0.15) is 13.2 Å². The third-order valence-corrected chi connectivity index (χ3v) is 7.08. The van der Waals surface area contributed by atoms with Crippen LogP contribution in [0.4, 0.5) is 43.9 Å². The van der Waals surface area contributed by atoms with Gasteiger partial charge in [-0.15, -0.1) is 26.3 Å². The predicted molar refractivity (Wildman–Crippen MR) is 155 cm³/mol. The molecule has 0 bridgehead atoms. The summed E-state index contributed by atoms with van der Waals surface area (Å²) >= 11 is 1.31. The zero-order valence-electron chi connectivity index (χ0n) is 23.6. The minimum Gasteiger partial charge on any atom is -0.406 e. The zero-order chi connectivity index (χ0) is 35.5. The Kier molecular flexibility index (Phi) is 10.5. The van der Waals surface area contributed by atoms with Gasteiger partial charge in [-0.25, -0.2) is 9.18 Å². The van der Waals surface area contributed by atoms with Crippen molar-refractivity contribution in [3.05, 3.63) is 130 Å². The van der Waals surface area contributed by atoms with E-state index in [1.54, 1.807) is 0 Å². The molecular formula is C31H18F10INO5. The number of alkyl halides is 9. The minimum absolute atomic E-state index is 0.0428. The van der Waals surface area contributed by atoms with E-state index in [1.807, 2.05) is 0 Å². The summed E-state index contributed by atoms with van der Waals surface area (Å²) in [5.41, 5.74) is -5.23. The first-order valence-electron chi connectivity index (χ1n) is 13.1. The largest absolute Gasteiger partial charge is 0.573 e. The molecule has 0 spiro atoms. The van der Waals surface area contributed by atoms with E-state index in [0.29, 0.717) is 12.1 Å². The van der Waals surface area contributed by atoms with Gasteiger partial charge in [0.15, 0.2) is 23.0 Å². The highest BCUT2D eigenvalue weighted by atomic mass is 127. The number of nitrogens with one attached hydrogen (secondary N) is 1. The molecule has 0 saturated heterocycles. The van der Waals surface area contributed by atoms with Crippen LogP contribution in [-0.2, 0) is 21.2 Å². The molecule has 17 heteroatoms. The number of ether oxygens (including phenoxy) is 2. The lowest BCUT2D eigenvalue weighted by Gasteiger charge is -2.37. The van der Waals surface area contributed by atoms with E-state index in [9.17, 15) is 53.5 Å². The van der Waals surface area contributed by atoms with Crippen LogP contribution in [0, 0.1) is 5.82 Å². The standard InChI is InChI=1S/C31H18F10INO5/c32-25-11-10-18(13-24(25)29(33,34)35)26(44)43-28(16-17-4-1-5-19(12-17)27(45)48-42,20-6-2-8-22(14-20)46-30(36,37)38)21-7-3-9-23(15-21)47-31(39,40)41/h1-15H,16H2,(H,43,44). The second-order valence-electron chi connectivity index (χ2n) is 9.94. The summed E-state index contributed by atoms with van der Waals surface area (Å²) in [6, 6.07) is 14.5. The van der Waals surface area contributed by atoms with Gasteiger partial charge in [-0.3, -0.25) is 4.79 Å². The molecule has 0 aliphatic rings. The molecule has 0 aliphatic carbocycles. The Morgan fingerprint density at radius 3 is 1.71 bits per heavy atom. The van der Waals surface area contributed by atoms with Gasteiger partial charge in [-0.1, -0.05) is 36.4 Å². The smallest absolute Gasteiger partial charge is 0.406 e. The number of hydrogen-bond donors (Lipinski definition) is 1. The van der Waals surface area contributed by atoms with Crippen molar-refractivity contribution in [3.8, 4) is 11.5 Å². The fourth-order valence-corrected chi connectivity index (χ4v) is 5.04. The van der Waals surface area contributed by atoms with E-state index in [4.69, 9.17) is 0 Å². The lowest BCUT2D eigenvalue weighted by atomic mass is 9.77.